The van der Waals surface area contributed by atoms with E-state index in [4.69, 9.17) is 0 Å². The fourth-order valence-corrected chi connectivity index (χ4v) is 1.08. The average molecular weight is 202 g/mol. The number of hydrogen-bond donors (Lipinski definition) is 1. The molecule has 1 aromatic rings. The molecule has 0 bridgehead atoms. The van der Waals surface area contributed by atoms with Crippen LogP contribution in [0.1, 0.15) is 22.8 Å². The van der Waals surface area contributed by atoms with Crippen LogP contribution < -0.4 is 5.43 Å². The molecule has 0 aliphatic heterocycles. The molecule has 1 N–H and O–H groups in total. The molecule has 3 nitrogen and oxygen atoms in total. The van der Waals surface area contributed by atoms with Gasteiger partial charge in [-0.3, -0.25) is 4.79 Å². The molecule has 78 valence electrons. The highest BCUT2D eigenvalue weighted by molar-refractivity contribution is 5.94. The van der Waals surface area contributed by atoms with Gasteiger partial charge in [0.15, 0.2) is 0 Å². The Morgan fingerprint density at radius 3 is 2.93 bits per heavy atom. The Morgan fingerprint density at radius 1 is 1.47 bits per heavy atom. The number of amides is 1. The molecule has 0 radical (unpaired) electrons. The zero-order valence-corrected chi connectivity index (χ0v) is 8.90. The largest absolute Gasteiger partial charge is 0.271 e. The standard InChI is InChI=1S/C12H14N2O/c1-3-4-8-13-14-12(15)11-7-5-6-10(2)9-11/h3-9H,1-2H3,(H,14,15). The first kappa shape index (κ1) is 11.2. The van der Waals surface area contributed by atoms with Crippen LogP contribution in [-0.2, 0) is 0 Å². The molecule has 0 aromatic heterocycles. The number of carbonyl (C=O) groups excluding carboxylic acids is 1. The number of rotatable bonds is 3. The van der Waals surface area contributed by atoms with Gasteiger partial charge in [0, 0.05) is 11.8 Å². The zero-order chi connectivity index (χ0) is 11.1. The van der Waals surface area contributed by atoms with E-state index in [9.17, 15) is 4.79 Å². The first-order valence-electron chi connectivity index (χ1n) is 4.75. The highest BCUT2D eigenvalue weighted by atomic mass is 16.2. The van der Waals surface area contributed by atoms with Gasteiger partial charge in [0.05, 0.1) is 0 Å². The minimum absolute atomic E-state index is 0.195. The summed E-state index contributed by atoms with van der Waals surface area (Å²) in [4.78, 5) is 11.5. The highest BCUT2D eigenvalue weighted by Gasteiger charge is 2.02. The quantitative estimate of drug-likeness (QED) is 0.593. The monoisotopic (exact) mass is 202 g/mol. The molecule has 0 aliphatic carbocycles. The lowest BCUT2D eigenvalue weighted by Gasteiger charge is -1.99. The highest BCUT2D eigenvalue weighted by Crippen LogP contribution is 2.03. The molecule has 0 aliphatic rings. The summed E-state index contributed by atoms with van der Waals surface area (Å²) < 4.78 is 0. The van der Waals surface area contributed by atoms with Gasteiger partial charge in [-0.1, -0.05) is 23.8 Å². The van der Waals surface area contributed by atoms with E-state index in [1.54, 1.807) is 12.1 Å². The van der Waals surface area contributed by atoms with Crippen molar-refractivity contribution in [2.75, 3.05) is 0 Å². The number of nitrogens with one attached hydrogen (secondary N) is 1. The van der Waals surface area contributed by atoms with E-state index in [0.717, 1.165) is 5.56 Å². The number of benzene rings is 1. The van der Waals surface area contributed by atoms with Gasteiger partial charge in [0.1, 0.15) is 0 Å². The molecule has 0 saturated carbocycles. The maximum atomic E-state index is 11.5. The van der Waals surface area contributed by atoms with E-state index < -0.39 is 0 Å². The van der Waals surface area contributed by atoms with Crippen molar-refractivity contribution in [2.45, 2.75) is 13.8 Å². The predicted molar refractivity (Wildman–Crippen MR) is 62.0 cm³/mol. The van der Waals surface area contributed by atoms with Gasteiger partial charge in [-0.25, -0.2) is 5.43 Å². The van der Waals surface area contributed by atoms with Crippen LogP contribution >= 0.6 is 0 Å². The van der Waals surface area contributed by atoms with E-state index in [2.05, 4.69) is 10.5 Å². The second-order valence-electron chi connectivity index (χ2n) is 3.11. The summed E-state index contributed by atoms with van der Waals surface area (Å²) >= 11 is 0. The topological polar surface area (TPSA) is 41.5 Å². The summed E-state index contributed by atoms with van der Waals surface area (Å²) in [7, 11) is 0. The van der Waals surface area contributed by atoms with Gasteiger partial charge in [0.2, 0.25) is 0 Å². The lowest BCUT2D eigenvalue weighted by molar-refractivity contribution is 0.0955. The van der Waals surface area contributed by atoms with Crippen molar-refractivity contribution in [1.29, 1.82) is 0 Å². The van der Waals surface area contributed by atoms with E-state index in [1.165, 1.54) is 6.21 Å². The van der Waals surface area contributed by atoms with E-state index in [0.29, 0.717) is 5.56 Å². The van der Waals surface area contributed by atoms with Gasteiger partial charge in [-0.2, -0.15) is 5.10 Å². The van der Waals surface area contributed by atoms with Crippen LogP contribution in [0, 0.1) is 6.92 Å². The molecule has 0 unspecified atom stereocenters. The number of carbonyl (C=O) groups is 1. The number of aryl methyl sites for hydroxylation is 1. The molecule has 15 heavy (non-hydrogen) atoms. The van der Waals surface area contributed by atoms with Crippen molar-refractivity contribution in [3.8, 4) is 0 Å². The number of hydrogen-bond acceptors (Lipinski definition) is 2. The van der Waals surface area contributed by atoms with Crippen LogP contribution in [0.4, 0.5) is 0 Å². The summed E-state index contributed by atoms with van der Waals surface area (Å²) in [5.41, 5.74) is 4.11. The second-order valence-corrected chi connectivity index (χ2v) is 3.11. The Hall–Kier alpha value is -1.90. The third-order valence-electron chi connectivity index (χ3n) is 1.80. The molecule has 0 heterocycles. The van der Waals surface area contributed by atoms with Crippen LogP contribution in [0.15, 0.2) is 41.5 Å². The second kappa shape index (κ2) is 5.75. The van der Waals surface area contributed by atoms with Crippen LogP contribution in [0.5, 0.6) is 0 Å². The minimum Gasteiger partial charge on any atom is -0.267 e. The maximum absolute atomic E-state index is 11.5. The molecular weight excluding hydrogens is 188 g/mol. The van der Waals surface area contributed by atoms with E-state index >= 15 is 0 Å². The van der Waals surface area contributed by atoms with Gasteiger partial charge in [0.25, 0.3) is 5.91 Å². The maximum Gasteiger partial charge on any atom is 0.271 e. The predicted octanol–water partition coefficient (Wildman–Crippen LogP) is 2.29. The first-order valence-corrected chi connectivity index (χ1v) is 4.75. The molecule has 0 spiro atoms. The van der Waals surface area contributed by atoms with Gasteiger partial charge in [-0.05, 0) is 32.1 Å². The summed E-state index contributed by atoms with van der Waals surface area (Å²) in [5.74, 6) is -0.195. The summed E-state index contributed by atoms with van der Waals surface area (Å²) in [6.45, 7) is 3.83. The summed E-state index contributed by atoms with van der Waals surface area (Å²) in [5, 5.41) is 3.76. The Balaban J connectivity index is 2.61. The van der Waals surface area contributed by atoms with Crippen LogP contribution in [-0.4, -0.2) is 12.1 Å². The molecule has 0 atom stereocenters. The van der Waals surface area contributed by atoms with Gasteiger partial charge in [-0.15, -0.1) is 0 Å². The number of nitrogens with zero attached hydrogens (tertiary/aromatic N) is 1. The minimum atomic E-state index is -0.195. The van der Waals surface area contributed by atoms with Crippen molar-refractivity contribution >= 4 is 12.1 Å². The van der Waals surface area contributed by atoms with Crippen molar-refractivity contribution in [2.24, 2.45) is 5.10 Å². The van der Waals surface area contributed by atoms with Gasteiger partial charge < -0.3 is 0 Å². The van der Waals surface area contributed by atoms with E-state index in [1.807, 2.05) is 38.1 Å². The Morgan fingerprint density at radius 2 is 2.27 bits per heavy atom. The summed E-state index contributed by atoms with van der Waals surface area (Å²) in [6, 6.07) is 7.37. The molecule has 1 amide bonds. The number of allylic oxidation sites excluding steroid dienone is 2. The van der Waals surface area contributed by atoms with Crippen molar-refractivity contribution < 1.29 is 4.79 Å². The number of hydrazone groups is 1. The van der Waals surface area contributed by atoms with Crippen LogP contribution in [0.3, 0.4) is 0 Å². The fraction of sp³-hybridized carbons (Fsp3) is 0.167. The first-order chi connectivity index (χ1) is 7.24. The third kappa shape index (κ3) is 3.77. The SMILES string of the molecule is CC=CC=NNC(=O)c1cccc(C)c1. The molecule has 1 aromatic carbocycles. The molecule has 0 saturated heterocycles. The molecular formula is C12H14N2O. The lowest BCUT2D eigenvalue weighted by Crippen LogP contribution is -2.17. The molecule has 0 fully saturated rings. The van der Waals surface area contributed by atoms with Crippen molar-refractivity contribution in [1.82, 2.24) is 5.43 Å². The molecule has 1 rings (SSSR count). The lowest BCUT2D eigenvalue weighted by atomic mass is 10.1. The average Bonchev–Trinajstić information content (AvgIpc) is 2.24. The van der Waals surface area contributed by atoms with E-state index in [-0.39, 0.29) is 5.91 Å². The fourth-order valence-electron chi connectivity index (χ4n) is 1.08. The zero-order valence-electron chi connectivity index (χ0n) is 8.90. The smallest absolute Gasteiger partial charge is 0.267 e. The third-order valence-corrected chi connectivity index (χ3v) is 1.80. The Kier molecular flexibility index (Phi) is 4.29. The van der Waals surface area contributed by atoms with Crippen LogP contribution in [0.25, 0.3) is 0 Å². The van der Waals surface area contributed by atoms with Crippen LogP contribution in [0.2, 0.25) is 0 Å². The Labute approximate surface area is 89.5 Å². The van der Waals surface area contributed by atoms with Crippen molar-refractivity contribution in [3.63, 3.8) is 0 Å². The Bertz CT molecular complexity index is 394. The summed E-state index contributed by atoms with van der Waals surface area (Å²) in [6.07, 6.45) is 5.12. The normalized spacial score (nSPS) is 11.1. The van der Waals surface area contributed by atoms with Crippen molar-refractivity contribution in [3.05, 3.63) is 47.5 Å². The molecule has 3 heteroatoms. The van der Waals surface area contributed by atoms with Gasteiger partial charge >= 0.3 is 0 Å².